The molecule has 0 spiro atoms. The number of aromatic nitrogens is 2. The standard InChI is InChI=1S/C26H27F3N4O/c1-3-23-22(16-19-8-5-4-6-9-19)24(31-18(2)30-23)32-12-14-33(15-13-32)25(34)20-10-7-11-21(17-20)26(27,28)29/h4-11,17H,3,12-16H2,1-2H3. The second-order valence-electron chi connectivity index (χ2n) is 8.39. The van der Waals surface area contributed by atoms with Crippen LogP contribution in [-0.2, 0) is 19.0 Å². The number of benzene rings is 2. The number of hydrogen-bond donors (Lipinski definition) is 0. The highest BCUT2D eigenvalue weighted by atomic mass is 19.4. The van der Waals surface area contributed by atoms with Crippen LogP contribution in [0.3, 0.4) is 0 Å². The first-order valence-corrected chi connectivity index (χ1v) is 11.4. The van der Waals surface area contributed by atoms with Gasteiger partial charge in [0.1, 0.15) is 11.6 Å². The summed E-state index contributed by atoms with van der Waals surface area (Å²) >= 11 is 0. The van der Waals surface area contributed by atoms with E-state index in [4.69, 9.17) is 4.98 Å². The number of piperazine rings is 1. The molecular weight excluding hydrogens is 441 g/mol. The van der Waals surface area contributed by atoms with Crippen LogP contribution in [0.5, 0.6) is 0 Å². The third-order valence-electron chi connectivity index (χ3n) is 6.04. The van der Waals surface area contributed by atoms with E-state index in [-0.39, 0.29) is 11.5 Å². The first-order chi connectivity index (χ1) is 16.3. The van der Waals surface area contributed by atoms with Crippen molar-refractivity contribution in [2.24, 2.45) is 0 Å². The van der Waals surface area contributed by atoms with Crippen molar-refractivity contribution in [3.05, 3.63) is 88.4 Å². The second-order valence-corrected chi connectivity index (χ2v) is 8.39. The number of nitrogens with zero attached hydrogens (tertiary/aromatic N) is 4. The fraction of sp³-hybridized carbons (Fsp3) is 0.346. The molecule has 0 bridgehead atoms. The fourth-order valence-electron chi connectivity index (χ4n) is 4.31. The lowest BCUT2D eigenvalue weighted by Crippen LogP contribution is -2.49. The normalized spacial score (nSPS) is 14.4. The second kappa shape index (κ2) is 9.83. The van der Waals surface area contributed by atoms with E-state index in [1.54, 1.807) is 4.90 Å². The molecule has 178 valence electrons. The molecule has 0 unspecified atom stereocenters. The van der Waals surface area contributed by atoms with Crippen molar-refractivity contribution in [3.63, 3.8) is 0 Å². The molecule has 1 fully saturated rings. The molecule has 5 nitrogen and oxygen atoms in total. The van der Waals surface area contributed by atoms with Crippen LogP contribution in [0.2, 0.25) is 0 Å². The molecule has 1 aliphatic rings. The van der Waals surface area contributed by atoms with Gasteiger partial charge in [0.15, 0.2) is 0 Å². The number of carbonyl (C=O) groups excluding carboxylic acids is 1. The topological polar surface area (TPSA) is 49.3 Å². The molecule has 8 heteroatoms. The first-order valence-electron chi connectivity index (χ1n) is 11.4. The molecule has 2 aromatic carbocycles. The van der Waals surface area contributed by atoms with Gasteiger partial charge in [-0.15, -0.1) is 0 Å². The fourth-order valence-corrected chi connectivity index (χ4v) is 4.31. The summed E-state index contributed by atoms with van der Waals surface area (Å²) in [6.07, 6.45) is -2.98. The van der Waals surface area contributed by atoms with E-state index in [0.717, 1.165) is 35.6 Å². The van der Waals surface area contributed by atoms with Gasteiger partial charge in [0.2, 0.25) is 0 Å². The third kappa shape index (κ3) is 5.21. The average Bonchev–Trinajstić information content (AvgIpc) is 2.84. The van der Waals surface area contributed by atoms with Gasteiger partial charge in [0, 0.05) is 49.4 Å². The lowest BCUT2D eigenvalue weighted by molar-refractivity contribution is -0.137. The van der Waals surface area contributed by atoms with Crippen LogP contribution in [0.1, 0.15) is 45.5 Å². The summed E-state index contributed by atoms with van der Waals surface area (Å²) in [6, 6.07) is 14.8. The first kappa shape index (κ1) is 23.7. The van der Waals surface area contributed by atoms with E-state index < -0.39 is 11.7 Å². The summed E-state index contributed by atoms with van der Waals surface area (Å²) < 4.78 is 39.2. The average molecular weight is 469 g/mol. The van der Waals surface area contributed by atoms with E-state index in [2.05, 4.69) is 28.9 Å². The highest BCUT2D eigenvalue weighted by Gasteiger charge is 2.32. The summed E-state index contributed by atoms with van der Waals surface area (Å²) in [5, 5.41) is 0. The lowest BCUT2D eigenvalue weighted by atomic mass is 10.0. The number of anilines is 1. The molecule has 0 aliphatic carbocycles. The molecule has 0 N–H and O–H groups in total. The number of carbonyl (C=O) groups is 1. The van der Waals surface area contributed by atoms with E-state index >= 15 is 0 Å². The van der Waals surface area contributed by atoms with Crippen molar-refractivity contribution in [2.45, 2.75) is 32.9 Å². The maximum Gasteiger partial charge on any atom is 0.416 e. The number of alkyl halides is 3. The van der Waals surface area contributed by atoms with Crippen molar-refractivity contribution < 1.29 is 18.0 Å². The van der Waals surface area contributed by atoms with E-state index in [1.165, 1.54) is 17.7 Å². The number of amides is 1. The maximum absolute atomic E-state index is 13.1. The van der Waals surface area contributed by atoms with Crippen LogP contribution < -0.4 is 4.90 Å². The Hall–Kier alpha value is -3.42. The van der Waals surface area contributed by atoms with Crippen LogP contribution in [0, 0.1) is 6.92 Å². The van der Waals surface area contributed by atoms with Crippen molar-refractivity contribution in [3.8, 4) is 0 Å². The lowest BCUT2D eigenvalue weighted by Gasteiger charge is -2.36. The van der Waals surface area contributed by atoms with Crippen molar-refractivity contribution >= 4 is 11.7 Å². The minimum Gasteiger partial charge on any atom is -0.353 e. The molecule has 34 heavy (non-hydrogen) atoms. The van der Waals surface area contributed by atoms with Gasteiger partial charge in [-0.05, 0) is 37.1 Å². The minimum atomic E-state index is -4.48. The van der Waals surface area contributed by atoms with Gasteiger partial charge >= 0.3 is 6.18 Å². The molecule has 1 amide bonds. The summed E-state index contributed by atoms with van der Waals surface area (Å²) in [4.78, 5) is 26.1. The molecule has 1 aliphatic heterocycles. The zero-order valence-electron chi connectivity index (χ0n) is 19.3. The Labute approximate surface area is 197 Å². The maximum atomic E-state index is 13.1. The molecule has 3 aromatic rings. The van der Waals surface area contributed by atoms with E-state index in [0.29, 0.717) is 38.4 Å². The predicted molar refractivity (Wildman–Crippen MR) is 125 cm³/mol. The molecule has 1 aromatic heterocycles. The Balaban J connectivity index is 1.53. The smallest absolute Gasteiger partial charge is 0.353 e. The quantitative estimate of drug-likeness (QED) is 0.534. The molecule has 4 rings (SSSR count). The molecule has 0 atom stereocenters. The minimum absolute atomic E-state index is 0.0548. The van der Waals surface area contributed by atoms with E-state index in [1.807, 2.05) is 25.1 Å². The number of aryl methyl sites for hydroxylation is 2. The van der Waals surface area contributed by atoms with Crippen LogP contribution >= 0.6 is 0 Å². The van der Waals surface area contributed by atoms with Gasteiger partial charge < -0.3 is 9.80 Å². The van der Waals surface area contributed by atoms with Crippen molar-refractivity contribution in [1.29, 1.82) is 0 Å². The van der Waals surface area contributed by atoms with Crippen molar-refractivity contribution in [1.82, 2.24) is 14.9 Å². The molecule has 1 saturated heterocycles. The summed E-state index contributed by atoms with van der Waals surface area (Å²) in [7, 11) is 0. The summed E-state index contributed by atoms with van der Waals surface area (Å²) in [5.41, 5.74) is 2.50. The van der Waals surface area contributed by atoms with Gasteiger partial charge in [0.05, 0.1) is 5.56 Å². The third-order valence-corrected chi connectivity index (χ3v) is 6.04. The van der Waals surface area contributed by atoms with Gasteiger partial charge in [-0.1, -0.05) is 43.3 Å². The zero-order valence-corrected chi connectivity index (χ0v) is 19.3. The van der Waals surface area contributed by atoms with Gasteiger partial charge in [-0.25, -0.2) is 9.97 Å². The Morgan fingerprint density at radius 3 is 2.32 bits per heavy atom. The van der Waals surface area contributed by atoms with Crippen LogP contribution in [0.15, 0.2) is 54.6 Å². The largest absolute Gasteiger partial charge is 0.416 e. The Morgan fingerprint density at radius 2 is 1.68 bits per heavy atom. The van der Waals surface area contributed by atoms with Gasteiger partial charge in [-0.3, -0.25) is 4.79 Å². The monoisotopic (exact) mass is 468 g/mol. The Bertz CT molecular complexity index is 1160. The molecule has 0 radical (unpaired) electrons. The van der Waals surface area contributed by atoms with Crippen LogP contribution in [0.25, 0.3) is 0 Å². The van der Waals surface area contributed by atoms with Crippen molar-refractivity contribution in [2.75, 3.05) is 31.1 Å². The highest BCUT2D eigenvalue weighted by Crippen LogP contribution is 2.30. The Morgan fingerprint density at radius 1 is 0.971 bits per heavy atom. The predicted octanol–water partition coefficient (Wildman–Crippen LogP) is 4.92. The number of rotatable bonds is 5. The van der Waals surface area contributed by atoms with Crippen LogP contribution in [-0.4, -0.2) is 47.0 Å². The number of hydrogen-bond acceptors (Lipinski definition) is 4. The van der Waals surface area contributed by atoms with Crippen LogP contribution in [0.4, 0.5) is 19.0 Å². The summed E-state index contributed by atoms with van der Waals surface area (Å²) in [5.74, 6) is 1.19. The molecule has 2 heterocycles. The molecular formula is C26H27F3N4O. The van der Waals surface area contributed by atoms with Gasteiger partial charge in [-0.2, -0.15) is 13.2 Å². The summed E-state index contributed by atoms with van der Waals surface area (Å²) in [6.45, 7) is 5.86. The zero-order chi connectivity index (χ0) is 24.3. The van der Waals surface area contributed by atoms with Gasteiger partial charge in [0.25, 0.3) is 5.91 Å². The Kier molecular flexibility index (Phi) is 6.86. The number of halogens is 3. The molecule has 0 saturated carbocycles. The highest BCUT2D eigenvalue weighted by molar-refractivity contribution is 5.94. The SMILES string of the molecule is CCc1nc(C)nc(N2CCN(C(=O)c3cccc(C(F)(F)F)c3)CC2)c1Cc1ccccc1. The van der Waals surface area contributed by atoms with E-state index in [9.17, 15) is 18.0 Å².